The lowest BCUT2D eigenvalue weighted by molar-refractivity contribution is -0.144. The van der Waals surface area contributed by atoms with Crippen LogP contribution in [0.15, 0.2) is 30.5 Å². The van der Waals surface area contributed by atoms with E-state index in [-0.39, 0.29) is 23.7 Å². The van der Waals surface area contributed by atoms with Crippen molar-refractivity contribution in [2.75, 3.05) is 0 Å². The van der Waals surface area contributed by atoms with Gasteiger partial charge >= 0.3 is 6.18 Å². The summed E-state index contributed by atoms with van der Waals surface area (Å²) in [6, 6.07) is 6.80. The van der Waals surface area contributed by atoms with E-state index < -0.39 is 22.7 Å². The molecule has 0 bridgehead atoms. The van der Waals surface area contributed by atoms with Gasteiger partial charge in [0.05, 0.1) is 18.6 Å². The minimum absolute atomic E-state index is 0.0692. The van der Waals surface area contributed by atoms with Gasteiger partial charge in [-0.05, 0) is 11.1 Å². The summed E-state index contributed by atoms with van der Waals surface area (Å²) < 4.78 is 51.6. The standard InChI is InChI=1S/C14H15F3N2O2S/c1-19-13(14(15,16)17)12(6-18-19)9-22(21)8-11-4-2-10(7-20)3-5-11/h2-6,20H,7-9H2,1H3. The highest BCUT2D eigenvalue weighted by Gasteiger charge is 2.37. The Kier molecular flexibility index (Phi) is 5.02. The number of hydrogen-bond acceptors (Lipinski definition) is 3. The summed E-state index contributed by atoms with van der Waals surface area (Å²) in [6.07, 6.45) is -3.41. The summed E-state index contributed by atoms with van der Waals surface area (Å²) in [7, 11) is -0.267. The van der Waals surface area contributed by atoms with Crippen LogP contribution in [0.25, 0.3) is 0 Å². The van der Waals surface area contributed by atoms with Crippen molar-refractivity contribution in [3.05, 3.63) is 52.8 Å². The molecule has 0 aliphatic rings. The summed E-state index contributed by atoms with van der Waals surface area (Å²) >= 11 is 0. The van der Waals surface area contributed by atoms with Gasteiger partial charge in [-0.1, -0.05) is 24.3 Å². The average Bonchev–Trinajstić information content (AvgIpc) is 2.80. The molecule has 0 aliphatic carbocycles. The fourth-order valence-corrected chi connectivity index (χ4v) is 3.33. The molecule has 2 rings (SSSR count). The molecule has 0 radical (unpaired) electrons. The first kappa shape index (κ1) is 16.7. The van der Waals surface area contributed by atoms with Gasteiger partial charge in [-0.3, -0.25) is 8.89 Å². The Morgan fingerprint density at radius 2 is 1.77 bits per heavy atom. The SMILES string of the molecule is Cn1ncc(CS(=O)Cc2ccc(CO)cc2)c1C(F)(F)F. The third-order valence-electron chi connectivity index (χ3n) is 3.13. The van der Waals surface area contributed by atoms with E-state index in [2.05, 4.69) is 5.10 Å². The van der Waals surface area contributed by atoms with Gasteiger partial charge in [0.15, 0.2) is 0 Å². The van der Waals surface area contributed by atoms with Crippen molar-refractivity contribution in [3.63, 3.8) is 0 Å². The molecular formula is C14H15F3N2O2S. The molecule has 0 aliphatic heterocycles. The zero-order valence-corrected chi connectivity index (χ0v) is 12.6. The van der Waals surface area contributed by atoms with E-state index in [4.69, 9.17) is 5.11 Å². The first-order chi connectivity index (χ1) is 10.3. The van der Waals surface area contributed by atoms with Gasteiger partial charge in [-0.15, -0.1) is 0 Å². The number of aromatic nitrogens is 2. The Labute approximate surface area is 128 Å². The van der Waals surface area contributed by atoms with E-state index in [9.17, 15) is 17.4 Å². The maximum atomic E-state index is 12.9. The van der Waals surface area contributed by atoms with Crippen LogP contribution in [-0.2, 0) is 42.1 Å². The molecule has 4 nitrogen and oxygen atoms in total. The zero-order valence-electron chi connectivity index (χ0n) is 11.8. The lowest BCUT2D eigenvalue weighted by Gasteiger charge is -2.10. The van der Waals surface area contributed by atoms with E-state index in [0.29, 0.717) is 0 Å². The van der Waals surface area contributed by atoms with Crippen molar-refractivity contribution in [1.82, 2.24) is 9.78 Å². The Morgan fingerprint density at radius 3 is 2.32 bits per heavy atom. The first-order valence-corrected chi connectivity index (χ1v) is 7.91. The van der Waals surface area contributed by atoms with Crippen LogP contribution in [-0.4, -0.2) is 19.1 Å². The van der Waals surface area contributed by atoms with Gasteiger partial charge in [0.2, 0.25) is 0 Å². The Bertz CT molecular complexity index is 666. The molecule has 1 heterocycles. The first-order valence-electron chi connectivity index (χ1n) is 6.43. The number of aliphatic hydroxyl groups excluding tert-OH is 1. The van der Waals surface area contributed by atoms with Gasteiger partial charge in [0, 0.05) is 29.2 Å². The molecule has 1 unspecified atom stereocenters. The molecular weight excluding hydrogens is 317 g/mol. The normalized spacial score (nSPS) is 13.3. The van der Waals surface area contributed by atoms with Crippen LogP contribution in [0.3, 0.4) is 0 Å². The lowest BCUT2D eigenvalue weighted by Crippen LogP contribution is -2.15. The molecule has 8 heteroatoms. The quantitative estimate of drug-likeness (QED) is 0.915. The Morgan fingerprint density at radius 1 is 1.18 bits per heavy atom. The van der Waals surface area contributed by atoms with Crippen LogP contribution in [0.2, 0.25) is 0 Å². The van der Waals surface area contributed by atoms with Crippen LogP contribution in [0.4, 0.5) is 13.2 Å². The summed E-state index contributed by atoms with van der Waals surface area (Å²) in [6.45, 7) is -0.0893. The molecule has 1 aromatic carbocycles. The summed E-state index contributed by atoms with van der Waals surface area (Å²) in [4.78, 5) is 0. The average molecular weight is 332 g/mol. The van der Waals surface area contributed by atoms with Crippen molar-refractivity contribution in [2.24, 2.45) is 7.05 Å². The van der Waals surface area contributed by atoms with Crippen molar-refractivity contribution in [1.29, 1.82) is 0 Å². The second-order valence-electron chi connectivity index (χ2n) is 4.84. The molecule has 0 saturated carbocycles. The smallest absolute Gasteiger partial charge is 0.392 e. The summed E-state index contributed by atoms with van der Waals surface area (Å²) in [5.74, 6) is -0.0532. The number of aliphatic hydroxyl groups is 1. The molecule has 0 amide bonds. The van der Waals surface area contributed by atoms with E-state index in [0.717, 1.165) is 22.0 Å². The van der Waals surface area contributed by atoms with Crippen LogP contribution in [0.1, 0.15) is 22.4 Å². The zero-order chi connectivity index (χ0) is 16.3. The van der Waals surface area contributed by atoms with Gasteiger partial charge in [-0.2, -0.15) is 18.3 Å². The largest absolute Gasteiger partial charge is 0.433 e. The van der Waals surface area contributed by atoms with E-state index >= 15 is 0 Å². The number of rotatable bonds is 5. The van der Waals surface area contributed by atoms with Gasteiger partial charge in [0.1, 0.15) is 5.69 Å². The highest BCUT2D eigenvalue weighted by molar-refractivity contribution is 7.83. The summed E-state index contributed by atoms with van der Waals surface area (Å²) in [5.41, 5.74) is 0.533. The molecule has 22 heavy (non-hydrogen) atoms. The third kappa shape index (κ3) is 3.95. The van der Waals surface area contributed by atoms with E-state index in [1.807, 2.05) is 0 Å². The van der Waals surface area contributed by atoms with E-state index in [1.54, 1.807) is 24.3 Å². The van der Waals surface area contributed by atoms with Gasteiger partial charge in [-0.25, -0.2) is 0 Å². The minimum Gasteiger partial charge on any atom is -0.392 e. The maximum Gasteiger partial charge on any atom is 0.433 e. The van der Waals surface area contributed by atoms with Gasteiger partial charge < -0.3 is 5.11 Å². The van der Waals surface area contributed by atoms with Crippen molar-refractivity contribution >= 4 is 10.8 Å². The fraction of sp³-hybridized carbons (Fsp3) is 0.357. The minimum atomic E-state index is -4.52. The Hall–Kier alpha value is -1.67. The maximum absolute atomic E-state index is 12.9. The fourth-order valence-electron chi connectivity index (χ4n) is 2.11. The molecule has 2 aromatic rings. The molecule has 120 valence electrons. The van der Waals surface area contributed by atoms with Gasteiger partial charge in [0.25, 0.3) is 0 Å². The van der Waals surface area contributed by atoms with Crippen molar-refractivity contribution < 1.29 is 22.5 Å². The second kappa shape index (κ2) is 6.62. The number of alkyl halides is 3. The molecule has 1 aromatic heterocycles. The topological polar surface area (TPSA) is 55.1 Å². The van der Waals surface area contributed by atoms with Crippen LogP contribution in [0, 0.1) is 0 Å². The predicted molar refractivity (Wildman–Crippen MR) is 76.1 cm³/mol. The highest BCUT2D eigenvalue weighted by Crippen LogP contribution is 2.32. The Balaban J connectivity index is 2.09. The number of aryl methyl sites for hydroxylation is 1. The molecule has 0 fully saturated rings. The molecule has 1 atom stereocenters. The summed E-state index contributed by atoms with van der Waals surface area (Å²) in [5, 5.41) is 12.5. The van der Waals surface area contributed by atoms with Crippen LogP contribution < -0.4 is 0 Å². The number of halogens is 3. The molecule has 0 spiro atoms. The van der Waals surface area contributed by atoms with Crippen LogP contribution >= 0.6 is 0 Å². The van der Waals surface area contributed by atoms with Crippen molar-refractivity contribution in [3.8, 4) is 0 Å². The monoisotopic (exact) mass is 332 g/mol. The number of benzene rings is 1. The second-order valence-corrected chi connectivity index (χ2v) is 6.30. The lowest BCUT2D eigenvalue weighted by atomic mass is 10.2. The molecule has 1 N–H and O–H groups in total. The van der Waals surface area contributed by atoms with E-state index in [1.165, 1.54) is 7.05 Å². The number of hydrogen-bond donors (Lipinski definition) is 1. The predicted octanol–water partition coefficient (Wildman–Crippen LogP) is 2.38. The highest BCUT2D eigenvalue weighted by atomic mass is 32.2. The van der Waals surface area contributed by atoms with Crippen molar-refractivity contribution in [2.45, 2.75) is 24.3 Å². The number of nitrogens with zero attached hydrogens (tertiary/aromatic N) is 2. The van der Waals surface area contributed by atoms with Crippen LogP contribution in [0.5, 0.6) is 0 Å². The molecule has 0 saturated heterocycles. The third-order valence-corrected chi connectivity index (χ3v) is 4.42.